The van der Waals surface area contributed by atoms with E-state index in [9.17, 15) is 13.6 Å². The first-order valence-corrected chi connectivity index (χ1v) is 8.11. The van der Waals surface area contributed by atoms with E-state index in [1.54, 1.807) is 12.1 Å². The largest absolute Gasteiger partial charge is 0.354 e. The number of pyridine rings is 1. The SMILES string of the molecule is O=C(Nc1ccc(Cl)cc1Cl)c1cncc(Nc2ccc(F)c(F)c2)c1. The number of amides is 1. The number of nitrogens with zero attached hydrogens (tertiary/aromatic N) is 1. The lowest BCUT2D eigenvalue weighted by atomic mass is 10.2. The fourth-order valence-corrected chi connectivity index (χ4v) is 2.61. The summed E-state index contributed by atoms with van der Waals surface area (Å²) in [5.74, 6) is -2.36. The van der Waals surface area contributed by atoms with E-state index < -0.39 is 17.5 Å². The molecule has 132 valence electrons. The molecule has 0 radical (unpaired) electrons. The van der Waals surface area contributed by atoms with Gasteiger partial charge in [-0.05, 0) is 36.4 Å². The lowest BCUT2D eigenvalue weighted by Gasteiger charge is -2.10. The van der Waals surface area contributed by atoms with Gasteiger partial charge in [-0.15, -0.1) is 0 Å². The number of aromatic nitrogens is 1. The molecule has 1 heterocycles. The number of carbonyl (C=O) groups excluding carboxylic acids is 1. The van der Waals surface area contributed by atoms with Crippen LogP contribution in [0.1, 0.15) is 10.4 Å². The van der Waals surface area contributed by atoms with Gasteiger partial charge in [0.1, 0.15) is 0 Å². The molecule has 0 saturated carbocycles. The minimum Gasteiger partial charge on any atom is -0.354 e. The Morgan fingerprint density at radius 2 is 1.73 bits per heavy atom. The summed E-state index contributed by atoms with van der Waals surface area (Å²) < 4.78 is 26.3. The molecule has 1 amide bonds. The van der Waals surface area contributed by atoms with Crippen molar-refractivity contribution in [3.05, 3.63) is 82.1 Å². The molecule has 0 atom stereocenters. The summed E-state index contributed by atoms with van der Waals surface area (Å²) in [6, 6.07) is 9.60. The molecule has 8 heteroatoms. The predicted molar refractivity (Wildman–Crippen MR) is 98.3 cm³/mol. The van der Waals surface area contributed by atoms with Gasteiger partial charge in [-0.1, -0.05) is 23.2 Å². The lowest BCUT2D eigenvalue weighted by Crippen LogP contribution is -2.12. The second-order valence-corrected chi connectivity index (χ2v) is 6.14. The normalized spacial score (nSPS) is 10.5. The van der Waals surface area contributed by atoms with Gasteiger partial charge < -0.3 is 10.6 Å². The van der Waals surface area contributed by atoms with Gasteiger partial charge in [-0.3, -0.25) is 9.78 Å². The number of carbonyl (C=O) groups is 1. The molecule has 0 unspecified atom stereocenters. The summed E-state index contributed by atoms with van der Waals surface area (Å²) in [4.78, 5) is 16.3. The van der Waals surface area contributed by atoms with Gasteiger partial charge >= 0.3 is 0 Å². The molecule has 2 aromatic carbocycles. The zero-order valence-electron chi connectivity index (χ0n) is 13.1. The Hall–Kier alpha value is -2.70. The van der Waals surface area contributed by atoms with Crippen molar-refractivity contribution in [3.63, 3.8) is 0 Å². The summed E-state index contributed by atoms with van der Waals surface area (Å²) in [6.07, 6.45) is 2.82. The molecular formula is C18H11Cl2F2N3O. The van der Waals surface area contributed by atoms with Crippen LogP contribution in [0.15, 0.2) is 54.9 Å². The van der Waals surface area contributed by atoms with E-state index >= 15 is 0 Å². The van der Waals surface area contributed by atoms with E-state index in [-0.39, 0.29) is 5.56 Å². The molecule has 3 aromatic rings. The fraction of sp³-hybridized carbons (Fsp3) is 0. The highest BCUT2D eigenvalue weighted by Gasteiger charge is 2.11. The van der Waals surface area contributed by atoms with Crippen LogP contribution in [-0.2, 0) is 0 Å². The Bertz CT molecular complexity index is 982. The molecule has 0 saturated heterocycles. The molecule has 0 fully saturated rings. The van der Waals surface area contributed by atoms with Gasteiger partial charge in [0.05, 0.1) is 28.2 Å². The summed E-state index contributed by atoms with van der Waals surface area (Å²) >= 11 is 11.9. The zero-order chi connectivity index (χ0) is 18.7. The third kappa shape index (κ3) is 4.28. The van der Waals surface area contributed by atoms with Crippen molar-refractivity contribution in [2.75, 3.05) is 10.6 Å². The highest BCUT2D eigenvalue weighted by atomic mass is 35.5. The standard InChI is InChI=1S/C18H11Cl2F2N3O/c19-11-1-4-17(14(20)6-11)25-18(26)10-5-13(9-23-8-10)24-12-2-3-15(21)16(22)7-12/h1-9,24H,(H,25,26). The second kappa shape index (κ2) is 7.68. The van der Waals surface area contributed by atoms with E-state index in [0.717, 1.165) is 12.1 Å². The Morgan fingerprint density at radius 1 is 0.923 bits per heavy atom. The van der Waals surface area contributed by atoms with Crippen LogP contribution >= 0.6 is 23.2 Å². The number of benzene rings is 2. The lowest BCUT2D eigenvalue weighted by molar-refractivity contribution is 0.102. The highest BCUT2D eigenvalue weighted by molar-refractivity contribution is 6.36. The molecule has 4 nitrogen and oxygen atoms in total. The molecule has 0 aliphatic heterocycles. The molecular weight excluding hydrogens is 383 g/mol. The summed E-state index contributed by atoms with van der Waals surface area (Å²) in [6.45, 7) is 0. The smallest absolute Gasteiger partial charge is 0.257 e. The maximum atomic E-state index is 13.3. The van der Waals surface area contributed by atoms with Crippen molar-refractivity contribution in [2.45, 2.75) is 0 Å². The molecule has 2 N–H and O–H groups in total. The third-order valence-corrected chi connectivity index (χ3v) is 3.94. The molecule has 0 aliphatic carbocycles. The fourth-order valence-electron chi connectivity index (χ4n) is 2.16. The molecule has 3 rings (SSSR count). The number of anilines is 3. The summed E-state index contributed by atoms with van der Waals surface area (Å²) in [5.41, 5.74) is 1.42. The van der Waals surface area contributed by atoms with Crippen LogP contribution in [-0.4, -0.2) is 10.9 Å². The predicted octanol–water partition coefficient (Wildman–Crippen LogP) is 5.66. The highest BCUT2D eigenvalue weighted by Crippen LogP contribution is 2.26. The second-order valence-electron chi connectivity index (χ2n) is 5.29. The average Bonchev–Trinajstić information content (AvgIpc) is 2.61. The van der Waals surface area contributed by atoms with Crippen LogP contribution in [0.4, 0.5) is 25.8 Å². The van der Waals surface area contributed by atoms with Gasteiger partial charge in [-0.25, -0.2) is 8.78 Å². The van der Waals surface area contributed by atoms with Crippen molar-refractivity contribution in [3.8, 4) is 0 Å². The molecule has 26 heavy (non-hydrogen) atoms. The maximum absolute atomic E-state index is 13.3. The van der Waals surface area contributed by atoms with Crippen molar-refractivity contribution >= 4 is 46.2 Å². The van der Waals surface area contributed by atoms with Gasteiger partial charge in [0.15, 0.2) is 11.6 Å². The third-order valence-electron chi connectivity index (χ3n) is 3.39. The van der Waals surface area contributed by atoms with Crippen molar-refractivity contribution < 1.29 is 13.6 Å². The quantitative estimate of drug-likeness (QED) is 0.600. The number of rotatable bonds is 4. The van der Waals surface area contributed by atoms with Crippen molar-refractivity contribution in [1.29, 1.82) is 0 Å². The maximum Gasteiger partial charge on any atom is 0.257 e. The number of hydrogen-bond donors (Lipinski definition) is 2. The van der Waals surface area contributed by atoms with E-state index in [1.807, 2.05) is 0 Å². The van der Waals surface area contributed by atoms with Crippen molar-refractivity contribution in [1.82, 2.24) is 4.98 Å². The Labute approximate surface area is 157 Å². The monoisotopic (exact) mass is 393 g/mol. The van der Waals surface area contributed by atoms with Gasteiger partial charge in [-0.2, -0.15) is 0 Å². The summed E-state index contributed by atoms with van der Waals surface area (Å²) in [7, 11) is 0. The molecule has 0 aliphatic rings. The number of hydrogen-bond acceptors (Lipinski definition) is 3. The van der Waals surface area contributed by atoms with Crippen LogP contribution in [0.2, 0.25) is 10.0 Å². The molecule has 1 aromatic heterocycles. The van der Waals surface area contributed by atoms with Gasteiger partial charge in [0.2, 0.25) is 0 Å². The Kier molecular flexibility index (Phi) is 5.35. The summed E-state index contributed by atoms with van der Waals surface area (Å²) in [5, 5.41) is 6.26. The van der Waals surface area contributed by atoms with E-state index in [1.165, 1.54) is 30.6 Å². The molecule has 0 spiro atoms. The average molecular weight is 394 g/mol. The van der Waals surface area contributed by atoms with Crippen LogP contribution in [0, 0.1) is 11.6 Å². The molecule has 0 bridgehead atoms. The first-order valence-electron chi connectivity index (χ1n) is 7.36. The van der Waals surface area contributed by atoms with E-state index in [0.29, 0.717) is 27.1 Å². The van der Waals surface area contributed by atoms with Gasteiger partial charge in [0.25, 0.3) is 5.91 Å². The first-order chi connectivity index (χ1) is 12.4. The first kappa shape index (κ1) is 18.1. The Morgan fingerprint density at radius 3 is 2.46 bits per heavy atom. The zero-order valence-corrected chi connectivity index (χ0v) is 14.6. The minimum absolute atomic E-state index is 0.253. The van der Waals surface area contributed by atoms with Crippen LogP contribution in [0.5, 0.6) is 0 Å². The number of halogens is 4. The van der Waals surface area contributed by atoms with E-state index in [2.05, 4.69) is 15.6 Å². The van der Waals surface area contributed by atoms with Crippen LogP contribution in [0.3, 0.4) is 0 Å². The van der Waals surface area contributed by atoms with E-state index in [4.69, 9.17) is 23.2 Å². The number of nitrogens with one attached hydrogen (secondary N) is 2. The van der Waals surface area contributed by atoms with Crippen molar-refractivity contribution in [2.24, 2.45) is 0 Å². The Balaban J connectivity index is 1.77. The minimum atomic E-state index is -0.978. The van der Waals surface area contributed by atoms with Crippen LogP contribution in [0.25, 0.3) is 0 Å². The topological polar surface area (TPSA) is 54.0 Å². The van der Waals surface area contributed by atoms with Crippen LogP contribution < -0.4 is 10.6 Å². The van der Waals surface area contributed by atoms with Gasteiger partial charge in [0, 0.05) is 23.0 Å².